The lowest BCUT2D eigenvalue weighted by molar-refractivity contribution is -0.144. The van der Waals surface area contributed by atoms with Crippen LogP contribution in [0.5, 0.6) is 0 Å². The molecule has 0 aromatic carbocycles. The van der Waals surface area contributed by atoms with E-state index in [4.69, 9.17) is 0 Å². The molecule has 0 amide bonds. The van der Waals surface area contributed by atoms with Gasteiger partial charge in [0.15, 0.2) is 0 Å². The maximum atomic E-state index is 12.9. The van der Waals surface area contributed by atoms with Gasteiger partial charge in [-0.3, -0.25) is 0 Å². The predicted molar refractivity (Wildman–Crippen MR) is 47.3 cm³/mol. The summed E-state index contributed by atoms with van der Waals surface area (Å²) in [5, 5.41) is 0. The highest BCUT2D eigenvalue weighted by molar-refractivity contribution is 5.06. The number of rotatable bonds is 1. The van der Waals surface area contributed by atoms with Crippen molar-refractivity contribution in [3.05, 3.63) is 17.6 Å². The van der Waals surface area contributed by atoms with Crippen LogP contribution in [-0.2, 0) is 6.18 Å². The molecule has 0 radical (unpaired) electrons. The van der Waals surface area contributed by atoms with Crippen molar-refractivity contribution < 1.29 is 22.0 Å². The molecule has 0 spiro atoms. The zero-order valence-electron chi connectivity index (χ0n) is 8.48. The molecule has 1 aromatic rings. The SMILES string of the molecule is Fc1oc(C2CCCCC2)nc1C(F)(F)F. The monoisotopic (exact) mass is 237 g/mol. The van der Waals surface area contributed by atoms with Gasteiger partial charge in [0, 0.05) is 5.92 Å². The Morgan fingerprint density at radius 1 is 1.12 bits per heavy atom. The fourth-order valence-electron chi connectivity index (χ4n) is 2.02. The highest BCUT2D eigenvalue weighted by Crippen LogP contribution is 2.36. The van der Waals surface area contributed by atoms with Crippen LogP contribution in [0.15, 0.2) is 4.42 Å². The molecule has 0 unspecified atom stereocenters. The first kappa shape index (κ1) is 11.4. The highest BCUT2D eigenvalue weighted by Gasteiger charge is 2.40. The van der Waals surface area contributed by atoms with Gasteiger partial charge in [0.2, 0.25) is 11.6 Å². The van der Waals surface area contributed by atoms with Gasteiger partial charge in [-0.05, 0) is 12.8 Å². The number of halogens is 4. The van der Waals surface area contributed by atoms with Crippen LogP contribution in [-0.4, -0.2) is 4.98 Å². The Kier molecular flexibility index (Phi) is 2.90. The van der Waals surface area contributed by atoms with E-state index in [1.54, 1.807) is 0 Å². The molecule has 0 saturated heterocycles. The molecule has 6 heteroatoms. The van der Waals surface area contributed by atoms with Crippen molar-refractivity contribution in [1.82, 2.24) is 4.98 Å². The van der Waals surface area contributed by atoms with Gasteiger partial charge in [-0.25, -0.2) is 4.98 Å². The molecule has 1 aliphatic carbocycles. The van der Waals surface area contributed by atoms with Crippen LogP contribution in [0, 0.1) is 6.01 Å². The quantitative estimate of drug-likeness (QED) is 0.693. The average molecular weight is 237 g/mol. The van der Waals surface area contributed by atoms with E-state index in [-0.39, 0.29) is 11.8 Å². The summed E-state index contributed by atoms with van der Waals surface area (Å²) < 4.78 is 54.2. The van der Waals surface area contributed by atoms with Crippen LogP contribution in [0.3, 0.4) is 0 Å². The van der Waals surface area contributed by atoms with Crippen LogP contribution >= 0.6 is 0 Å². The van der Waals surface area contributed by atoms with Gasteiger partial charge in [0.05, 0.1) is 0 Å². The number of hydrogen-bond acceptors (Lipinski definition) is 2. The third-order valence-corrected chi connectivity index (χ3v) is 2.83. The molecular formula is C10H11F4NO. The van der Waals surface area contributed by atoms with E-state index in [1.807, 2.05) is 0 Å². The third kappa shape index (κ3) is 2.20. The van der Waals surface area contributed by atoms with Gasteiger partial charge in [-0.1, -0.05) is 19.3 Å². The molecule has 1 aromatic heterocycles. The van der Waals surface area contributed by atoms with Crippen molar-refractivity contribution in [2.45, 2.75) is 44.2 Å². The first-order chi connectivity index (χ1) is 7.48. The summed E-state index contributed by atoms with van der Waals surface area (Å²) in [6, 6.07) is -1.62. The largest absolute Gasteiger partial charge is 0.439 e. The zero-order chi connectivity index (χ0) is 11.8. The lowest BCUT2D eigenvalue weighted by Crippen LogP contribution is -2.09. The van der Waals surface area contributed by atoms with Gasteiger partial charge in [0.25, 0.3) is 0 Å². The molecule has 1 saturated carbocycles. The highest BCUT2D eigenvalue weighted by atomic mass is 19.4. The lowest BCUT2D eigenvalue weighted by atomic mass is 9.89. The zero-order valence-corrected chi connectivity index (χ0v) is 8.48. The maximum Gasteiger partial charge on any atom is 0.439 e. The van der Waals surface area contributed by atoms with Crippen LogP contribution in [0.4, 0.5) is 17.6 Å². The standard InChI is InChI=1S/C10H11F4NO/c11-8-7(10(12,13)14)15-9(16-8)6-4-2-1-3-5-6/h6H,1-5H2. The molecule has 2 nitrogen and oxygen atoms in total. The molecule has 1 aliphatic rings. The first-order valence-corrected chi connectivity index (χ1v) is 5.22. The molecule has 0 N–H and O–H groups in total. The minimum absolute atomic E-state index is 0.107. The van der Waals surface area contributed by atoms with Gasteiger partial charge in [-0.15, -0.1) is 0 Å². The second kappa shape index (κ2) is 4.07. The minimum Gasteiger partial charge on any atom is -0.415 e. The fourth-order valence-corrected chi connectivity index (χ4v) is 2.02. The Morgan fingerprint density at radius 3 is 2.25 bits per heavy atom. The van der Waals surface area contributed by atoms with E-state index in [2.05, 4.69) is 9.40 Å². The Morgan fingerprint density at radius 2 is 1.75 bits per heavy atom. The number of alkyl halides is 3. The van der Waals surface area contributed by atoms with Gasteiger partial charge in [-0.2, -0.15) is 17.6 Å². The Balaban J connectivity index is 2.23. The van der Waals surface area contributed by atoms with Gasteiger partial charge in [0.1, 0.15) is 0 Å². The molecule has 0 atom stereocenters. The van der Waals surface area contributed by atoms with Crippen molar-refractivity contribution >= 4 is 0 Å². The Bertz CT molecular complexity index is 365. The van der Waals surface area contributed by atoms with Crippen LogP contribution in [0.1, 0.15) is 49.6 Å². The lowest BCUT2D eigenvalue weighted by Gasteiger charge is -2.17. The summed E-state index contributed by atoms with van der Waals surface area (Å²) in [5.41, 5.74) is -1.53. The second-order valence-electron chi connectivity index (χ2n) is 4.01. The molecule has 0 bridgehead atoms. The van der Waals surface area contributed by atoms with Crippen molar-refractivity contribution in [2.24, 2.45) is 0 Å². The van der Waals surface area contributed by atoms with Crippen molar-refractivity contribution in [3.8, 4) is 0 Å². The molecule has 0 aliphatic heterocycles. The maximum absolute atomic E-state index is 12.9. The smallest absolute Gasteiger partial charge is 0.415 e. The average Bonchev–Trinajstić information content (AvgIpc) is 2.61. The third-order valence-electron chi connectivity index (χ3n) is 2.83. The van der Waals surface area contributed by atoms with E-state index in [0.29, 0.717) is 0 Å². The van der Waals surface area contributed by atoms with E-state index in [9.17, 15) is 17.6 Å². The summed E-state index contributed by atoms with van der Waals surface area (Å²) in [4.78, 5) is 3.24. The molecule has 1 fully saturated rings. The predicted octanol–water partition coefficient (Wildman–Crippen LogP) is 3.88. The van der Waals surface area contributed by atoms with Crippen molar-refractivity contribution in [2.75, 3.05) is 0 Å². The summed E-state index contributed by atoms with van der Waals surface area (Å²) in [5.74, 6) is -0.274. The summed E-state index contributed by atoms with van der Waals surface area (Å²) >= 11 is 0. The van der Waals surface area contributed by atoms with E-state index >= 15 is 0 Å². The number of nitrogens with zero attached hydrogens (tertiary/aromatic N) is 1. The topological polar surface area (TPSA) is 26.0 Å². The van der Waals surface area contributed by atoms with Crippen molar-refractivity contribution in [1.29, 1.82) is 0 Å². The molecule has 2 rings (SSSR count). The normalized spacial score (nSPS) is 19.0. The number of oxazole rings is 1. The Labute approximate surface area is 89.7 Å². The van der Waals surface area contributed by atoms with Gasteiger partial charge < -0.3 is 4.42 Å². The fraction of sp³-hybridized carbons (Fsp3) is 0.700. The molecule has 1 heterocycles. The van der Waals surface area contributed by atoms with Crippen LogP contribution < -0.4 is 0 Å². The Hall–Kier alpha value is -1.07. The number of aromatic nitrogens is 1. The van der Waals surface area contributed by atoms with Crippen LogP contribution in [0.2, 0.25) is 0 Å². The molecule has 16 heavy (non-hydrogen) atoms. The first-order valence-electron chi connectivity index (χ1n) is 5.22. The summed E-state index contributed by atoms with van der Waals surface area (Å²) in [6.07, 6.45) is -0.424. The van der Waals surface area contributed by atoms with E-state index in [1.165, 1.54) is 0 Å². The second-order valence-corrected chi connectivity index (χ2v) is 4.01. The van der Waals surface area contributed by atoms with Gasteiger partial charge >= 0.3 is 12.2 Å². The summed E-state index contributed by atoms with van der Waals surface area (Å²) in [6.45, 7) is 0. The number of hydrogen-bond donors (Lipinski definition) is 0. The van der Waals surface area contributed by atoms with E-state index < -0.39 is 17.9 Å². The van der Waals surface area contributed by atoms with Crippen LogP contribution in [0.25, 0.3) is 0 Å². The molecular weight excluding hydrogens is 226 g/mol. The minimum atomic E-state index is -4.78. The van der Waals surface area contributed by atoms with E-state index in [0.717, 1.165) is 32.1 Å². The molecule has 90 valence electrons. The summed E-state index contributed by atoms with van der Waals surface area (Å²) in [7, 11) is 0. The van der Waals surface area contributed by atoms with Crippen molar-refractivity contribution in [3.63, 3.8) is 0 Å².